The summed E-state index contributed by atoms with van der Waals surface area (Å²) in [6.07, 6.45) is 3.39. The number of hydrogen-bond donors (Lipinski definition) is 0. The van der Waals surface area contributed by atoms with E-state index in [1.807, 2.05) is 7.05 Å². The molecule has 0 N–H and O–H groups in total. The molecule has 0 aromatic carbocycles. The quantitative estimate of drug-likeness (QED) is 0.780. The van der Waals surface area contributed by atoms with Crippen molar-refractivity contribution >= 4 is 28.8 Å². The van der Waals surface area contributed by atoms with E-state index in [9.17, 15) is 4.79 Å². The molecule has 0 aliphatic heterocycles. The zero-order chi connectivity index (χ0) is 10.1. The van der Waals surface area contributed by atoms with E-state index in [0.717, 1.165) is 24.2 Å². The number of amides is 1. The zero-order valence-corrected chi connectivity index (χ0v) is 9.31. The van der Waals surface area contributed by atoms with Crippen molar-refractivity contribution in [1.82, 2.24) is 15.1 Å². The zero-order valence-electron chi connectivity index (χ0n) is 7.73. The van der Waals surface area contributed by atoms with Crippen molar-refractivity contribution in [2.75, 3.05) is 7.05 Å². The third-order valence-corrected chi connectivity index (χ3v) is 3.53. The predicted octanol–water partition coefficient (Wildman–Crippen LogP) is 1.82. The molecule has 1 fully saturated rings. The molecular formula is C8H10ClN3OS. The van der Waals surface area contributed by atoms with Crippen LogP contribution in [-0.2, 0) is 0 Å². The van der Waals surface area contributed by atoms with Gasteiger partial charge < -0.3 is 4.90 Å². The van der Waals surface area contributed by atoms with Gasteiger partial charge in [-0.3, -0.25) is 4.79 Å². The third kappa shape index (κ3) is 1.74. The van der Waals surface area contributed by atoms with E-state index in [4.69, 9.17) is 11.6 Å². The largest absolute Gasteiger partial charge is 0.337 e. The molecule has 0 atom stereocenters. The summed E-state index contributed by atoms with van der Waals surface area (Å²) >= 11 is 6.74. The monoisotopic (exact) mass is 231 g/mol. The molecule has 2 rings (SSSR count). The summed E-state index contributed by atoms with van der Waals surface area (Å²) in [5.74, 6) is -0.0703. The van der Waals surface area contributed by atoms with Crippen LogP contribution in [0.1, 0.15) is 29.1 Å². The van der Waals surface area contributed by atoms with E-state index in [1.54, 1.807) is 4.90 Å². The minimum atomic E-state index is -0.0703. The minimum absolute atomic E-state index is 0.0703. The molecule has 6 heteroatoms. The van der Waals surface area contributed by atoms with E-state index in [0.29, 0.717) is 15.5 Å². The number of hydrogen-bond acceptors (Lipinski definition) is 4. The van der Waals surface area contributed by atoms with Crippen LogP contribution in [0.25, 0.3) is 0 Å². The number of carbonyl (C=O) groups excluding carboxylic acids is 1. The molecule has 1 aliphatic rings. The highest BCUT2D eigenvalue weighted by atomic mass is 35.5. The summed E-state index contributed by atoms with van der Waals surface area (Å²) in [5, 5.41) is 7.71. The number of halogens is 1. The molecule has 1 saturated carbocycles. The Hall–Kier alpha value is -0.680. The van der Waals surface area contributed by atoms with Gasteiger partial charge in [0.15, 0.2) is 0 Å². The SMILES string of the molecule is CN(C(=O)c1nnc(Cl)s1)C1CCC1. The molecule has 1 aliphatic carbocycles. The Balaban J connectivity index is 2.07. The smallest absolute Gasteiger partial charge is 0.284 e. The molecule has 14 heavy (non-hydrogen) atoms. The summed E-state index contributed by atoms with van der Waals surface area (Å²) in [7, 11) is 1.81. The molecular weight excluding hydrogens is 222 g/mol. The van der Waals surface area contributed by atoms with E-state index in [-0.39, 0.29) is 5.91 Å². The van der Waals surface area contributed by atoms with E-state index in [1.165, 1.54) is 6.42 Å². The summed E-state index contributed by atoms with van der Waals surface area (Å²) in [6, 6.07) is 0.380. The van der Waals surface area contributed by atoms with Crippen LogP contribution in [0.15, 0.2) is 0 Å². The fourth-order valence-corrected chi connectivity index (χ4v) is 2.19. The molecule has 1 aromatic rings. The second kappa shape index (κ2) is 3.82. The van der Waals surface area contributed by atoms with Gasteiger partial charge in [0.05, 0.1) is 0 Å². The highest BCUT2D eigenvalue weighted by molar-refractivity contribution is 7.17. The van der Waals surface area contributed by atoms with Crippen LogP contribution >= 0.6 is 22.9 Å². The van der Waals surface area contributed by atoms with Gasteiger partial charge in [-0.25, -0.2) is 0 Å². The third-order valence-electron chi connectivity index (χ3n) is 2.53. The summed E-state index contributed by atoms with van der Waals surface area (Å²) in [6.45, 7) is 0. The summed E-state index contributed by atoms with van der Waals surface area (Å²) < 4.78 is 0.315. The van der Waals surface area contributed by atoms with Crippen molar-refractivity contribution in [1.29, 1.82) is 0 Å². The maximum absolute atomic E-state index is 11.8. The fourth-order valence-electron chi connectivity index (χ4n) is 1.38. The van der Waals surface area contributed by atoms with Gasteiger partial charge in [-0.1, -0.05) is 11.3 Å². The molecule has 4 nitrogen and oxygen atoms in total. The lowest BCUT2D eigenvalue weighted by molar-refractivity contribution is 0.0651. The highest BCUT2D eigenvalue weighted by Crippen LogP contribution is 2.25. The first-order valence-electron chi connectivity index (χ1n) is 4.44. The normalized spacial score (nSPS) is 16.4. The van der Waals surface area contributed by atoms with Gasteiger partial charge in [0.25, 0.3) is 5.91 Å². The van der Waals surface area contributed by atoms with Crippen LogP contribution in [0.2, 0.25) is 4.47 Å². The second-order valence-corrected chi connectivity index (χ2v) is 4.92. The lowest BCUT2D eigenvalue weighted by Crippen LogP contribution is -2.41. The predicted molar refractivity (Wildman–Crippen MR) is 54.7 cm³/mol. The van der Waals surface area contributed by atoms with Crippen molar-refractivity contribution in [3.8, 4) is 0 Å². The van der Waals surface area contributed by atoms with Crippen LogP contribution < -0.4 is 0 Å². The Labute approximate surface area is 90.9 Å². The highest BCUT2D eigenvalue weighted by Gasteiger charge is 2.27. The molecule has 1 aromatic heterocycles. The van der Waals surface area contributed by atoms with Crippen molar-refractivity contribution in [2.24, 2.45) is 0 Å². The van der Waals surface area contributed by atoms with Gasteiger partial charge in [0.2, 0.25) is 9.47 Å². The topological polar surface area (TPSA) is 46.1 Å². The first-order chi connectivity index (χ1) is 6.68. The minimum Gasteiger partial charge on any atom is -0.337 e. The van der Waals surface area contributed by atoms with Crippen molar-refractivity contribution in [3.63, 3.8) is 0 Å². The number of rotatable bonds is 2. The van der Waals surface area contributed by atoms with Crippen molar-refractivity contribution in [2.45, 2.75) is 25.3 Å². The average molecular weight is 232 g/mol. The van der Waals surface area contributed by atoms with Gasteiger partial charge in [-0.2, -0.15) is 0 Å². The maximum atomic E-state index is 11.8. The number of nitrogens with zero attached hydrogens (tertiary/aromatic N) is 3. The molecule has 0 saturated heterocycles. The van der Waals surface area contributed by atoms with Gasteiger partial charge in [-0.05, 0) is 30.9 Å². The van der Waals surface area contributed by atoms with Gasteiger partial charge >= 0.3 is 0 Å². The standard InChI is InChI=1S/C8H10ClN3OS/c1-12(5-3-2-4-5)7(13)6-10-11-8(9)14-6/h5H,2-4H2,1H3. The fraction of sp³-hybridized carbons (Fsp3) is 0.625. The van der Waals surface area contributed by atoms with Crippen LogP contribution in [-0.4, -0.2) is 34.1 Å². The number of aromatic nitrogens is 2. The Morgan fingerprint density at radius 2 is 2.29 bits per heavy atom. The van der Waals surface area contributed by atoms with E-state index < -0.39 is 0 Å². The Morgan fingerprint density at radius 1 is 1.57 bits per heavy atom. The average Bonchev–Trinajstić information content (AvgIpc) is 2.47. The van der Waals surface area contributed by atoms with Crippen LogP contribution in [0.5, 0.6) is 0 Å². The molecule has 0 radical (unpaired) electrons. The summed E-state index contributed by atoms with van der Waals surface area (Å²) in [4.78, 5) is 13.5. The maximum Gasteiger partial charge on any atom is 0.284 e. The van der Waals surface area contributed by atoms with Gasteiger partial charge in [0.1, 0.15) is 0 Å². The molecule has 76 valence electrons. The van der Waals surface area contributed by atoms with E-state index >= 15 is 0 Å². The molecule has 0 bridgehead atoms. The van der Waals surface area contributed by atoms with Crippen LogP contribution in [0, 0.1) is 0 Å². The Morgan fingerprint density at radius 3 is 2.71 bits per heavy atom. The van der Waals surface area contributed by atoms with Crippen LogP contribution in [0.4, 0.5) is 0 Å². The van der Waals surface area contributed by atoms with Crippen molar-refractivity contribution in [3.05, 3.63) is 9.47 Å². The molecule has 0 spiro atoms. The van der Waals surface area contributed by atoms with Crippen molar-refractivity contribution < 1.29 is 4.79 Å². The first kappa shape index (κ1) is 9.86. The second-order valence-electron chi connectivity index (χ2n) is 3.36. The Kier molecular flexibility index (Phi) is 2.69. The van der Waals surface area contributed by atoms with Crippen LogP contribution in [0.3, 0.4) is 0 Å². The first-order valence-corrected chi connectivity index (χ1v) is 5.64. The summed E-state index contributed by atoms with van der Waals surface area (Å²) in [5.41, 5.74) is 0. The lowest BCUT2D eigenvalue weighted by atomic mass is 9.92. The molecule has 0 unspecified atom stereocenters. The van der Waals surface area contributed by atoms with E-state index in [2.05, 4.69) is 10.2 Å². The lowest BCUT2D eigenvalue weighted by Gasteiger charge is -2.34. The number of carbonyl (C=O) groups is 1. The molecule has 1 amide bonds. The Bertz CT molecular complexity index is 350. The van der Waals surface area contributed by atoms with Gasteiger partial charge in [0, 0.05) is 13.1 Å². The molecule has 1 heterocycles. The van der Waals surface area contributed by atoms with Gasteiger partial charge in [-0.15, -0.1) is 10.2 Å².